The second-order valence-corrected chi connectivity index (χ2v) is 7.14. The highest BCUT2D eigenvalue weighted by Gasteiger charge is 2.16. The molecular weight excluding hydrogens is 308 g/mol. The fourth-order valence-corrected chi connectivity index (χ4v) is 3.75. The van der Waals surface area contributed by atoms with E-state index in [9.17, 15) is 13.0 Å². The fourth-order valence-electron chi connectivity index (χ4n) is 2.05. The van der Waals surface area contributed by atoms with Gasteiger partial charge in [0.05, 0.1) is 15.9 Å². The molecule has 21 heavy (non-hydrogen) atoms. The molecule has 0 aliphatic rings. The van der Waals surface area contributed by atoms with Crippen LogP contribution in [-0.2, 0) is 10.1 Å². The Morgan fingerprint density at radius 1 is 1.19 bits per heavy atom. The van der Waals surface area contributed by atoms with Crippen molar-refractivity contribution in [3.8, 4) is 10.6 Å². The Balaban J connectivity index is 2.19. The van der Waals surface area contributed by atoms with Gasteiger partial charge in [-0.1, -0.05) is 6.07 Å². The van der Waals surface area contributed by atoms with Gasteiger partial charge in [-0.15, -0.1) is 11.3 Å². The first-order chi connectivity index (χ1) is 9.84. The molecule has 0 fully saturated rings. The van der Waals surface area contributed by atoms with Crippen molar-refractivity contribution in [2.75, 3.05) is 5.73 Å². The Morgan fingerprint density at radius 3 is 2.67 bits per heavy atom. The highest BCUT2D eigenvalue weighted by atomic mass is 32.2. The second kappa shape index (κ2) is 4.80. The molecule has 0 atom stereocenters. The quantitative estimate of drug-likeness (QED) is 0.559. The van der Waals surface area contributed by atoms with Crippen LogP contribution in [-0.4, -0.2) is 18.0 Å². The van der Waals surface area contributed by atoms with Gasteiger partial charge in [-0.2, -0.15) is 8.42 Å². The van der Waals surface area contributed by atoms with Crippen LogP contribution in [0.4, 0.5) is 5.69 Å². The number of hydrogen-bond donors (Lipinski definition) is 2. The zero-order valence-corrected chi connectivity index (χ0v) is 12.7. The number of nitrogen functional groups attached to an aromatic ring is 1. The number of hydrogen-bond acceptors (Lipinski definition) is 5. The predicted octanol–water partition coefficient (Wildman–Crippen LogP) is 3.10. The van der Waals surface area contributed by atoms with Crippen molar-refractivity contribution in [2.24, 2.45) is 0 Å². The van der Waals surface area contributed by atoms with Crippen molar-refractivity contribution in [3.05, 3.63) is 42.0 Å². The van der Waals surface area contributed by atoms with Crippen LogP contribution in [0.2, 0.25) is 0 Å². The molecule has 0 radical (unpaired) electrons. The van der Waals surface area contributed by atoms with Gasteiger partial charge in [-0.3, -0.25) is 4.55 Å². The highest BCUT2D eigenvalue weighted by molar-refractivity contribution is 7.86. The fraction of sp³-hybridized carbons (Fsp3) is 0.0714. The molecule has 0 aliphatic carbocycles. The van der Waals surface area contributed by atoms with Gasteiger partial charge in [0.15, 0.2) is 0 Å². The molecule has 1 aromatic heterocycles. The van der Waals surface area contributed by atoms with Crippen molar-refractivity contribution in [2.45, 2.75) is 11.8 Å². The smallest absolute Gasteiger partial charge is 0.296 e. The average Bonchev–Trinajstić information content (AvgIpc) is 2.80. The molecule has 0 bridgehead atoms. The summed E-state index contributed by atoms with van der Waals surface area (Å²) in [7, 11) is -4.35. The van der Waals surface area contributed by atoms with E-state index in [2.05, 4.69) is 4.98 Å². The monoisotopic (exact) mass is 320 g/mol. The Hall–Kier alpha value is -1.96. The largest absolute Gasteiger partial charge is 0.398 e. The Labute approximate surface area is 125 Å². The lowest BCUT2D eigenvalue weighted by atomic mass is 10.2. The van der Waals surface area contributed by atoms with Gasteiger partial charge in [-0.25, -0.2) is 4.98 Å². The van der Waals surface area contributed by atoms with E-state index >= 15 is 0 Å². The van der Waals surface area contributed by atoms with E-state index in [1.54, 1.807) is 6.07 Å². The third kappa shape index (κ3) is 2.63. The second-order valence-electron chi connectivity index (χ2n) is 4.72. The van der Waals surface area contributed by atoms with Gasteiger partial charge in [0, 0.05) is 5.56 Å². The van der Waals surface area contributed by atoms with Crippen molar-refractivity contribution in [1.29, 1.82) is 0 Å². The van der Waals surface area contributed by atoms with Crippen molar-refractivity contribution < 1.29 is 13.0 Å². The maximum atomic E-state index is 11.3. The number of anilines is 1. The van der Waals surface area contributed by atoms with Crippen LogP contribution in [0.25, 0.3) is 20.8 Å². The lowest BCUT2D eigenvalue weighted by Crippen LogP contribution is -2.03. The number of aryl methyl sites for hydroxylation is 1. The Bertz CT molecular complexity index is 946. The number of thiazole rings is 1. The van der Waals surface area contributed by atoms with Crippen LogP contribution in [0.1, 0.15) is 5.56 Å². The molecule has 0 spiro atoms. The van der Waals surface area contributed by atoms with Gasteiger partial charge in [0.1, 0.15) is 9.90 Å². The summed E-state index contributed by atoms with van der Waals surface area (Å²) in [5.74, 6) is 0. The maximum absolute atomic E-state index is 11.3. The van der Waals surface area contributed by atoms with E-state index in [1.165, 1.54) is 23.5 Å². The molecule has 0 unspecified atom stereocenters. The summed E-state index contributed by atoms with van der Waals surface area (Å²) in [6.07, 6.45) is 0. The van der Waals surface area contributed by atoms with Crippen molar-refractivity contribution >= 4 is 37.4 Å². The van der Waals surface area contributed by atoms with Crippen LogP contribution in [0.15, 0.2) is 41.3 Å². The zero-order chi connectivity index (χ0) is 15.2. The van der Waals surface area contributed by atoms with Crippen molar-refractivity contribution in [3.63, 3.8) is 0 Å². The lowest BCUT2D eigenvalue weighted by molar-refractivity contribution is 0.483. The highest BCUT2D eigenvalue weighted by Crippen LogP contribution is 2.33. The predicted molar refractivity (Wildman–Crippen MR) is 84.0 cm³/mol. The Morgan fingerprint density at radius 2 is 1.95 bits per heavy atom. The number of fused-ring (bicyclic) bond motifs is 1. The molecule has 3 rings (SSSR count). The summed E-state index contributed by atoms with van der Waals surface area (Å²) < 4.78 is 32.8. The van der Waals surface area contributed by atoms with Crippen LogP contribution in [0, 0.1) is 6.92 Å². The first kappa shape index (κ1) is 14.0. The SMILES string of the molecule is Cc1ccc2nc(-c3ccc(N)c(S(=O)(=O)O)c3)sc2c1. The zero-order valence-electron chi connectivity index (χ0n) is 11.1. The summed E-state index contributed by atoms with van der Waals surface area (Å²) in [6, 6.07) is 10.4. The molecular formula is C14H12N2O3S2. The van der Waals surface area contributed by atoms with E-state index in [0.717, 1.165) is 15.8 Å². The molecule has 0 saturated heterocycles. The molecule has 2 aromatic carbocycles. The third-order valence-electron chi connectivity index (χ3n) is 3.08. The lowest BCUT2D eigenvalue weighted by Gasteiger charge is -2.04. The number of benzene rings is 2. The topological polar surface area (TPSA) is 93.3 Å². The summed E-state index contributed by atoms with van der Waals surface area (Å²) >= 11 is 1.46. The van der Waals surface area contributed by atoms with Gasteiger partial charge in [-0.05, 0) is 42.8 Å². The summed E-state index contributed by atoms with van der Waals surface area (Å²) in [6.45, 7) is 2.00. The number of nitrogens with zero attached hydrogens (tertiary/aromatic N) is 1. The molecule has 108 valence electrons. The van der Waals surface area contributed by atoms with E-state index < -0.39 is 10.1 Å². The molecule has 5 nitrogen and oxygen atoms in total. The van der Waals surface area contributed by atoms with E-state index in [-0.39, 0.29) is 10.6 Å². The van der Waals surface area contributed by atoms with Crippen LogP contribution in [0.3, 0.4) is 0 Å². The maximum Gasteiger partial charge on any atom is 0.296 e. The van der Waals surface area contributed by atoms with Crippen LogP contribution >= 0.6 is 11.3 Å². The normalized spacial score (nSPS) is 11.9. The number of rotatable bonds is 2. The number of aromatic nitrogens is 1. The van der Waals surface area contributed by atoms with Crippen molar-refractivity contribution in [1.82, 2.24) is 4.98 Å². The van der Waals surface area contributed by atoms with E-state index in [4.69, 9.17) is 5.73 Å². The average molecular weight is 320 g/mol. The van der Waals surface area contributed by atoms with Gasteiger partial charge >= 0.3 is 0 Å². The molecule has 0 aliphatic heterocycles. The molecule has 7 heteroatoms. The van der Waals surface area contributed by atoms with Gasteiger partial charge in [0.2, 0.25) is 0 Å². The minimum Gasteiger partial charge on any atom is -0.398 e. The third-order valence-corrected chi connectivity index (χ3v) is 5.06. The van der Waals surface area contributed by atoms with E-state index in [0.29, 0.717) is 10.6 Å². The standard InChI is InChI=1S/C14H12N2O3S2/c1-8-2-5-11-12(6-8)20-14(16-11)9-3-4-10(15)13(7-9)21(17,18)19/h2-7H,15H2,1H3,(H,17,18,19). The first-order valence-electron chi connectivity index (χ1n) is 6.09. The first-order valence-corrected chi connectivity index (χ1v) is 8.35. The van der Waals surface area contributed by atoms with E-state index in [1.807, 2.05) is 25.1 Å². The molecule has 3 N–H and O–H groups in total. The molecule has 0 saturated carbocycles. The van der Waals surface area contributed by atoms with Gasteiger partial charge in [0.25, 0.3) is 10.1 Å². The summed E-state index contributed by atoms with van der Waals surface area (Å²) in [4.78, 5) is 4.18. The molecule has 0 amide bonds. The molecule has 1 heterocycles. The Kier molecular flexibility index (Phi) is 3.20. The minimum absolute atomic E-state index is 0.0122. The summed E-state index contributed by atoms with van der Waals surface area (Å²) in [5.41, 5.74) is 8.20. The minimum atomic E-state index is -4.35. The van der Waals surface area contributed by atoms with Crippen LogP contribution in [0.5, 0.6) is 0 Å². The van der Waals surface area contributed by atoms with Gasteiger partial charge < -0.3 is 5.73 Å². The summed E-state index contributed by atoms with van der Waals surface area (Å²) in [5, 5.41) is 0.681. The van der Waals surface area contributed by atoms with Crippen LogP contribution < -0.4 is 5.73 Å². The number of nitrogens with two attached hydrogens (primary N) is 1. The molecule has 3 aromatic rings.